The van der Waals surface area contributed by atoms with Crippen LogP contribution in [0.25, 0.3) is 0 Å². The van der Waals surface area contributed by atoms with Crippen LogP contribution in [0.1, 0.15) is 25.0 Å². The Bertz CT molecular complexity index is 292. The number of rotatable bonds is 4. The molecule has 0 saturated heterocycles. The fourth-order valence-electron chi connectivity index (χ4n) is 1.65. The summed E-state index contributed by atoms with van der Waals surface area (Å²) >= 11 is 0. The minimum Gasteiger partial charge on any atom is -0.372 e. The first-order chi connectivity index (χ1) is 6.68. The second-order valence-corrected chi connectivity index (χ2v) is 3.65. The molecule has 1 unspecified atom stereocenters. The van der Waals surface area contributed by atoms with Gasteiger partial charge in [-0.15, -0.1) is 0 Å². The van der Waals surface area contributed by atoms with Crippen LogP contribution >= 0.6 is 0 Å². The van der Waals surface area contributed by atoms with Crippen LogP contribution in [-0.2, 0) is 16.8 Å². The minimum atomic E-state index is -0.355. The van der Waals surface area contributed by atoms with E-state index in [2.05, 4.69) is 25.1 Å². The van der Waals surface area contributed by atoms with Gasteiger partial charge in [0, 0.05) is 13.7 Å². The van der Waals surface area contributed by atoms with E-state index in [0.29, 0.717) is 6.54 Å². The largest absolute Gasteiger partial charge is 0.372 e. The Morgan fingerprint density at radius 1 is 1.36 bits per heavy atom. The van der Waals surface area contributed by atoms with Crippen molar-refractivity contribution in [3.05, 3.63) is 35.4 Å². The molecule has 2 N–H and O–H groups in total. The minimum absolute atomic E-state index is 0.355. The number of hydrogen-bond donors (Lipinski definition) is 1. The van der Waals surface area contributed by atoms with Gasteiger partial charge in [0.2, 0.25) is 0 Å². The standard InChI is InChI=1S/C12H19NO/c1-4-10-7-5-6-8-11(10)12(2,9-13)14-3/h5-8H,4,9,13H2,1-3H3. The van der Waals surface area contributed by atoms with Crippen molar-refractivity contribution < 1.29 is 4.74 Å². The van der Waals surface area contributed by atoms with Crippen LogP contribution in [0.15, 0.2) is 24.3 Å². The molecule has 0 radical (unpaired) electrons. The van der Waals surface area contributed by atoms with Crippen molar-refractivity contribution in [1.82, 2.24) is 0 Å². The molecule has 0 heterocycles. The van der Waals surface area contributed by atoms with Crippen LogP contribution in [0.3, 0.4) is 0 Å². The highest BCUT2D eigenvalue weighted by Gasteiger charge is 2.25. The molecule has 1 aromatic carbocycles. The van der Waals surface area contributed by atoms with E-state index in [4.69, 9.17) is 10.5 Å². The molecule has 0 aliphatic heterocycles. The molecule has 0 fully saturated rings. The zero-order chi connectivity index (χ0) is 10.6. The maximum atomic E-state index is 5.75. The molecule has 0 bridgehead atoms. The summed E-state index contributed by atoms with van der Waals surface area (Å²) in [7, 11) is 1.71. The molecule has 0 aromatic heterocycles. The third kappa shape index (κ3) is 1.97. The van der Waals surface area contributed by atoms with E-state index in [-0.39, 0.29) is 5.60 Å². The van der Waals surface area contributed by atoms with Crippen LogP contribution in [0.2, 0.25) is 0 Å². The quantitative estimate of drug-likeness (QED) is 0.794. The van der Waals surface area contributed by atoms with Crippen molar-refractivity contribution in [2.75, 3.05) is 13.7 Å². The van der Waals surface area contributed by atoms with Gasteiger partial charge in [-0.3, -0.25) is 0 Å². The zero-order valence-corrected chi connectivity index (χ0v) is 9.21. The van der Waals surface area contributed by atoms with Crippen molar-refractivity contribution in [3.8, 4) is 0 Å². The Balaban J connectivity index is 3.15. The summed E-state index contributed by atoms with van der Waals surface area (Å²) in [6.07, 6.45) is 1.01. The highest BCUT2D eigenvalue weighted by molar-refractivity contribution is 5.32. The van der Waals surface area contributed by atoms with E-state index in [9.17, 15) is 0 Å². The number of ether oxygens (including phenoxy) is 1. The summed E-state index contributed by atoms with van der Waals surface area (Å²) in [4.78, 5) is 0. The molecular formula is C12H19NO. The fraction of sp³-hybridized carbons (Fsp3) is 0.500. The van der Waals surface area contributed by atoms with E-state index >= 15 is 0 Å². The number of aryl methyl sites for hydroxylation is 1. The summed E-state index contributed by atoms with van der Waals surface area (Å²) in [5, 5.41) is 0. The maximum Gasteiger partial charge on any atom is 0.102 e. The predicted octanol–water partition coefficient (Wildman–Crippen LogP) is 2.07. The van der Waals surface area contributed by atoms with Gasteiger partial charge in [-0.1, -0.05) is 31.2 Å². The van der Waals surface area contributed by atoms with Gasteiger partial charge in [-0.05, 0) is 24.5 Å². The first-order valence-electron chi connectivity index (χ1n) is 5.01. The summed E-state index contributed by atoms with van der Waals surface area (Å²) < 4.78 is 5.49. The van der Waals surface area contributed by atoms with Crippen LogP contribution in [0.5, 0.6) is 0 Å². The molecule has 0 aliphatic rings. The topological polar surface area (TPSA) is 35.2 Å². The molecule has 78 valence electrons. The lowest BCUT2D eigenvalue weighted by Gasteiger charge is -2.29. The molecule has 1 atom stereocenters. The third-order valence-corrected chi connectivity index (χ3v) is 2.81. The molecule has 1 rings (SSSR count). The van der Waals surface area contributed by atoms with E-state index in [1.807, 2.05) is 13.0 Å². The van der Waals surface area contributed by atoms with Gasteiger partial charge in [-0.25, -0.2) is 0 Å². The smallest absolute Gasteiger partial charge is 0.102 e. The van der Waals surface area contributed by atoms with Gasteiger partial charge < -0.3 is 10.5 Å². The van der Waals surface area contributed by atoms with E-state index < -0.39 is 0 Å². The molecule has 0 amide bonds. The van der Waals surface area contributed by atoms with Crippen LogP contribution in [0.4, 0.5) is 0 Å². The van der Waals surface area contributed by atoms with Crippen LogP contribution in [0, 0.1) is 0 Å². The van der Waals surface area contributed by atoms with Crippen LogP contribution in [-0.4, -0.2) is 13.7 Å². The van der Waals surface area contributed by atoms with Crippen molar-refractivity contribution in [1.29, 1.82) is 0 Å². The van der Waals surface area contributed by atoms with Gasteiger partial charge >= 0.3 is 0 Å². The number of nitrogens with two attached hydrogens (primary N) is 1. The van der Waals surface area contributed by atoms with Gasteiger partial charge in [0.15, 0.2) is 0 Å². The molecule has 2 nitrogen and oxygen atoms in total. The fourth-order valence-corrected chi connectivity index (χ4v) is 1.65. The van der Waals surface area contributed by atoms with E-state index in [1.165, 1.54) is 11.1 Å². The highest BCUT2D eigenvalue weighted by Crippen LogP contribution is 2.26. The Labute approximate surface area is 86.1 Å². The lowest BCUT2D eigenvalue weighted by atomic mass is 9.90. The second kappa shape index (κ2) is 4.58. The maximum absolute atomic E-state index is 5.75. The number of benzene rings is 1. The second-order valence-electron chi connectivity index (χ2n) is 3.65. The summed E-state index contributed by atoms with van der Waals surface area (Å²) in [6.45, 7) is 4.67. The van der Waals surface area contributed by atoms with Crippen LogP contribution < -0.4 is 5.73 Å². The lowest BCUT2D eigenvalue weighted by molar-refractivity contribution is 0.00939. The average Bonchev–Trinajstić information content (AvgIpc) is 2.28. The predicted molar refractivity (Wildman–Crippen MR) is 59.2 cm³/mol. The zero-order valence-electron chi connectivity index (χ0n) is 9.21. The van der Waals surface area contributed by atoms with Gasteiger partial charge in [0.05, 0.1) is 0 Å². The van der Waals surface area contributed by atoms with Crippen molar-refractivity contribution >= 4 is 0 Å². The third-order valence-electron chi connectivity index (χ3n) is 2.81. The van der Waals surface area contributed by atoms with E-state index in [1.54, 1.807) is 7.11 Å². The van der Waals surface area contributed by atoms with Crippen molar-refractivity contribution in [3.63, 3.8) is 0 Å². The normalized spacial score (nSPS) is 15.1. The molecule has 0 spiro atoms. The molecule has 1 aromatic rings. The van der Waals surface area contributed by atoms with Gasteiger partial charge in [0.1, 0.15) is 5.60 Å². The Hall–Kier alpha value is -0.860. The number of methoxy groups -OCH3 is 1. The summed E-state index contributed by atoms with van der Waals surface area (Å²) in [5.41, 5.74) is 7.90. The molecular weight excluding hydrogens is 174 g/mol. The molecule has 14 heavy (non-hydrogen) atoms. The Morgan fingerprint density at radius 3 is 2.50 bits per heavy atom. The Morgan fingerprint density at radius 2 is 2.00 bits per heavy atom. The summed E-state index contributed by atoms with van der Waals surface area (Å²) in [6, 6.07) is 8.30. The van der Waals surface area contributed by atoms with Gasteiger partial charge in [0.25, 0.3) is 0 Å². The van der Waals surface area contributed by atoms with E-state index in [0.717, 1.165) is 6.42 Å². The van der Waals surface area contributed by atoms with Gasteiger partial charge in [-0.2, -0.15) is 0 Å². The molecule has 2 heteroatoms. The molecule has 0 saturated carbocycles. The Kier molecular flexibility index (Phi) is 3.67. The monoisotopic (exact) mass is 193 g/mol. The van der Waals surface area contributed by atoms with Crippen molar-refractivity contribution in [2.45, 2.75) is 25.9 Å². The SMILES string of the molecule is CCc1ccccc1C(C)(CN)OC. The molecule has 0 aliphatic carbocycles. The first kappa shape index (κ1) is 11.2. The average molecular weight is 193 g/mol. The number of hydrogen-bond acceptors (Lipinski definition) is 2. The lowest BCUT2D eigenvalue weighted by Crippen LogP contribution is -2.34. The summed E-state index contributed by atoms with van der Waals surface area (Å²) in [5.74, 6) is 0. The first-order valence-corrected chi connectivity index (χ1v) is 5.01. The highest BCUT2D eigenvalue weighted by atomic mass is 16.5. The van der Waals surface area contributed by atoms with Crippen molar-refractivity contribution in [2.24, 2.45) is 5.73 Å².